The standard InChI is InChI=1S/C14H24N4O/c1-4-5-10-11(15)12(18-17-10)13(19)16-8-14(6-7-14)9(2)3/h9H,4-8,15H2,1-3H3,(H,16,19)(H,17,18). The number of hydrogen-bond donors (Lipinski definition) is 3. The monoisotopic (exact) mass is 264 g/mol. The van der Waals surface area contributed by atoms with Crippen molar-refractivity contribution in [2.24, 2.45) is 11.3 Å². The fraction of sp³-hybridized carbons (Fsp3) is 0.714. The SMILES string of the molecule is CCCc1[nH]nc(C(=O)NCC2(C(C)C)CC2)c1N. The molecule has 1 amide bonds. The molecule has 19 heavy (non-hydrogen) atoms. The molecule has 0 atom stereocenters. The van der Waals surface area contributed by atoms with E-state index in [0.717, 1.165) is 25.1 Å². The average Bonchev–Trinajstić information content (AvgIpc) is 3.09. The van der Waals surface area contributed by atoms with Crippen LogP contribution in [0.4, 0.5) is 5.69 Å². The zero-order chi connectivity index (χ0) is 14.0. The molecule has 0 aliphatic heterocycles. The molecule has 1 aromatic heterocycles. The summed E-state index contributed by atoms with van der Waals surface area (Å²) in [6, 6.07) is 0. The van der Waals surface area contributed by atoms with Crippen LogP contribution in [0.15, 0.2) is 0 Å². The van der Waals surface area contributed by atoms with Crippen molar-refractivity contribution in [2.75, 3.05) is 12.3 Å². The maximum Gasteiger partial charge on any atom is 0.273 e. The van der Waals surface area contributed by atoms with Crippen LogP contribution in [-0.2, 0) is 6.42 Å². The number of nitrogens with one attached hydrogen (secondary N) is 2. The summed E-state index contributed by atoms with van der Waals surface area (Å²) in [5.41, 5.74) is 7.94. The Morgan fingerprint density at radius 2 is 2.21 bits per heavy atom. The van der Waals surface area contributed by atoms with Gasteiger partial charge >= 0.3 is 0 Å². The second kappa shape index (κ2) is 5.23. The molecule has 1 aliphatic carbocycles. The first-order valence-electron chi connectivity index (χ1n) is 7.11. The van der Waals surface area contributed by atoms with E-state index in [4.69, 9.17) is 5.73 Å². The third-order valence-electron chi connectivity index (χ3n) is 4.32. The minimum Gasteiger partial charge on any atom is -0.395 e. The lowest BCUT2D eigenvalue weighted by Crippen LogP contribution is -2.33. The Kier molecular flexibility index (Phi) is 3.83. The van der Waals surface area contributed by atoms with E-state index in [0.29, 0.717) is 22.7 Å². The van der Waals surface area contributed by atoms with Gasteiger partial charge in [-0.15, -0.1) is 0 Å². The Morgan fingerprint density at radius 3 is 2.74 bits per heavy atom. The quantitative estimate of drug-likeness (QED) is 0.735. The fourth-order valence-corrected chi connectivity index (χ4v) is 2.46. The van der Waals surface area contributed by atoms with E-state index >= 15 is 0 Å². The molecule has 1 aromatic rings. The first-order valence-corrected chi connectivity index (χ1v) is 7.11. The van der Waals surface area contributed by atoms with Gasteiger partial charge in [-0.2, -0.15) is 5.10 Å². The van der Waals surface area contributed by atoms with E-state index in [1.54, 1.807) is 0 Å². The van der Waals surface area contributed by atoms with Gasteiger partial charge in [0.2, 0.25) is 0 Å². The van der Waals surface area contributed by atoms with Gasteiger partial charge in [0.1, 0.15) is 0 Å². The number of rotatable bonds is 6. The van der Waals surface area contributed by atoms with Gasteiger partial charge in [0.15, 0.2) is 5.69 Å². The maximum atomic E-state index is 12.1. The van der Waals surface area contributed by atoms with E-state index in [1.807, 2.05) is 0 Å². The van der Waals surface area contributed by atoms with Crippen molar-refractivity contribution < 1.29 is 4.79 Å². The van der Waals surface area contributed by atoms with Crippen LogP contribution in [0.1, 0.15) is 56.2 Å². The van der Waals surface area contributed by atoms with E-state index in [9.17, 15) is 4.79 Å². The summed E-state index contributed by atoms with van der Waals surface area (Å²) in [6.07, 6.45) is 4.19. The van der Waals surface area contributed by atoms with Gasteiger partial charge in [0.25, 0.3) is 5.91 Å². The predicted molar refractivity (Wildman–Crippen MR) is 75.8 cm³/mol. The maximum absolute atomic E-state index is 12.1. The zero-order valence-corrected chi connectivity index (χ0v) is 12.0. The number of aryl methyl sites for hydroxylation is 1. The second-order valence-electron chi connectivity index (χ2n) is 5.91. The summed E-state index contributed by atoms with van der Waals surface area (Å²) in [4.78, 5) is 12.1. The summed E-state index contributed by atoms with van der Waals surface area (Å²) in [7, 11) is 0. The first kappa shape index (κ1) is 13.9. The van der Waals surface area contributed by atoms with Crippen molar-refractivity contribution in [1.82, 2.24) is 15.5 Å². The van der Waals surface area contributed by atoms with Gasteiger partial charge in [-0.3, -0.25) is 9.89 Å². The molecule has 0 spiro atoms. The molecular weight excluding hydrogens is 240 g/mol. The molecule has 106 valence electrons. The molecule has 0 radical (unpaired) electrons. The molecule has 0 aromatic carbocycles. The topological polar surface area (TPSA) is 83.8 Å². The van der Waals surface area contributed by atoms with Gasteiger partial charge in [0.05, 0.1) is 11.4 Å². The number of nitrogens with zero attached hydrogens (tertiary/aromatic N) is 1. The average molecular weight is 264 g/mol. The normalized spacial score (nSPS) is 16.6. The van der Waals surface area contributed by atoms with Crippen LogP contribution >= 0.6 is 0 Å². The highest BCUT2D eigenvalue weighted by Crippen LogP contribution is 2.51. The molecule has 4 N–H and O–H groups in total. The molecule has 2 rings (SSSR count). The number of aromatic nitrogens is 2. The van der Waals surface area contributed by atoms with Crippen molar-refractivity contribution in [3.63, 3.8) is 0 Å². The zero-order valence-electron chi connectivity index (χ0n) is 12.0. The molecule has 1 saturated carbocycles. The molecule has 1 aliphatic rings. The number of carbonyl (C=O) groups excluding carboxylic acids is 1. The van der Waals surface area contributed by atoms with E-state index in [2.05, 4.69) is 36.3 Å². The number of anilines is 1. The van der Waals surface area contributed by atoms with Crippen LogP contribution in [0, 0.1) is 11.3 Å². The Hall–Kier alpha value is -1.52. The van der Waals surface area contributed by atoms with Crippen molar-refractivity contribution in [3.05, 3.63) is 11.4 Å². The Balaban J connectivity index is 1.97. The molecule has 5 heteroatoms. The summed E-state index contributed by atoms with van der Waals surface area (Å²) in [6.45, 7) is 7.21. The number of carbonyl (C=O) groups is 1. The number of nitrogens with two attached hydrogens (primary N) is 1. The Labute approximate surface area is 114 Å². The Bertz CT molecular complexity index is 460. The second-order valence-corrected chi connectivity index (χ2v) is 5.91. The molecule has 1 fully saturated rings. The number of nitrogen functional groups attached to an aromatic ring is 1. The third kappa shape index (κ3) is 2.74. The van der Waals surface area contributed by atoms with E-state index < -0.39 is 0 Å². The molecule has 0 unspecified atom stereocenters. The van der Waals surface area contributed by atoms with Crippen molar-refractivity contribution in [2.45, 2.75) is 46.5 Å². The smallest absolute Gasteiger partial charge is 0.273 e. The van der Waals surface area contributed by atoms with Crippen LogP contribution in [-0.4, -0.2) is 22.6 Å². The van der Waals surface area contributed by atoms with Crippen LogP contribution < -0.4 is 11.1 Å². The highest BCUT2D eigenvalue weighted by Gasteiger charge is 2.45. The third-order valence-corrected chi connectivity index (χ3v) is 4.32. The number of hydrogen-bond acceptors (Lipinski definition) is 3. The minimum atomic E-state index is -0.164. The van der Waals surface area contributed by atoms with Crippen molar-refractivity contribution in [1.29, 1.82) is 0 Å². The minimum absolute atomic E-state index is 0.164. The van der Waals surface area contributed by atoms with Gasteiger partial charge in [0, 0.05) is 6.54 Å². The summed E-state index contributed by atoms with van der Waals surface area (Å²) >= 11 is 0. The van der Waals surface area contributed by atoms with Crippen LogP contribution in [0.25, 0.3) is 0 Å². The van der Waals surface area contributed by atoms with Crippen LogP contribution in [0.5, 0.6) is 0 Å². The summed E-state index contributed by atoms with van der Waals surface area (Å²) in [5.74, 6) is 0.433. The largest absolute Gasteiger partial charge is 0.395 e. The van der Waals surface area contributed by atoms with Crippen LogP contribution in [0.2, 0.25) is 0 Å². The van der Waals surface area contributed by atoms with Crippen molar-refractivity contribution in [3.8, 4) is 0 Å². The highest BCUT2D eigenvalue weighted by atomic mass is 16.1. The predicted octanol–water partition coefficient (Wildman–Crippen LogP) is 2.11. The molecule has 0 bridgehead atoms. The summed E-state index contributed by atoms with van der Waals surface area (Å²) < 4.78 is 0. The lowest BCUT2D eigenvalue weighted by Gasteiger charge is -2.19. The molecule has 0 saturated heterocycles. The molecular formula is C14H24N4O. The summed E-state index contributed by atoms with van der Waals surface area (Å²) in [5, 5.41) is 9.87. The lowest BCUT2D eigenvalue weighted by molar-refractivity contribution is 0.0935. The van der Waals surface area contributed by atoms with Gasteiger partial charge in [-0.05, 0) is 30.6 Å². The molecule has 5 nitrogen and oxygen atoms in total. The van der Waals surface area contributed by atoms with Crippen molar-refractivity contribution >= 4 is 11.6 Å². The van der Waals surface area contributed by atoms with Gasteiger partial charge in [-0.1, -0.05) is 27.2 Å². The van der Waals surface area contributed by atoms with Crippen LogP contribution in [0.3, 0.4) is 0 Å². The number of aromatic amines is 1. The first-order chi connectivity index (χ1) is 9.00. The fourth-order valence-electron chi connectivity index (χ4n) is 2.46. The van der Waals surface area contributed by atoms with E-state index in [1.165, 1.54) is 12.8 Å². The Morgan fingerprint density at radius 1 is 1.53 bits per heavy atom. The van der Waals surface area contributed by atoms with Gasteiger partial charge < -0.3 is 11.1 Å². The molecule has 1 heterocycles. The number of amides is 1. The van der Waals surface area contributed by atoms with Gasteiger partial charge in [-0.25, -0.2) is 0 Å². The van der Waals surface area contributed by atoms with E-state index in [-0.39, 0.29) is 5.91 Å². The highest BCUT2D eigenvalue weighted by molar-refractivity contribution is 5.97. The lowest BCUT2D eigenvalue weighted by atomic mass is 9.92. The number of H-pyrrole nitrogens is 1.